The lowest BCUT2D eigenvalue weighted by molar-refractivity contribution is 0.221. The van der Waals surface area contributed by atoms with Crippen LogP contribution < -0.4 is 5.73 Å². The lowest BCUT2D eigenvalue weighted by atomic mass is 11.0. The molecule has 52 valence electrons. The molecule has 0 aromatic heterocycles. The van der Waals surface area contributed by atoms with E-state index in [9.17, 15) is 13.2 Å². The van der Waals surface area contributed by atoms with E-state index >= 15 is 0 Å². The van der Waals surface area contributed by atoms with E-state index in [1.807, 2.05) is 0 Å². The van der Waals surface area contributed by atoms with E-state index in [0.717, 1.165) is 7.05 Å². The van der Waals surface area contributed by atoms with E-state index < -0.39 is 16.5 Å². The third-order valence-corrected chi connectivity index (χ3v) is 0.886. The molecule has 0 heterocycles. The molecule has 0 rings (SSSR count). The van der Waals surface area contributed by atoms with Crippen molar-refractivity contribution in [2.75, 3.05) is 7.05 Å². The molecule has 0 fully saturated rings. The summed E-state index contributed by atoms with van der Waals surface area (Å²) in [5.41, 5.74) is 4.60. The summed E-state index contributed by atoms with van der Waals surface area (Å²) in [7, 11) is -1.48. The van der Waals surface area contributed by atoms with Crippen LogP contribution in [0.5, 0.6) is 0 Å². The molecule has 7 heteroatoms. The molecule has 0 aliphatic carbocycles. The van der Waals surface area contributed by atoms with Crippen LogP contribution in [0.25, 0.3) is 0 Å². The van der Waals surface area contributed by atoms with Crippen LogP contribution in [0, 0.1) is 0 Å². The normalized spacial score (nSPS) is 8.11. The molecule has 2 N–H and O–H groups in total. The lowest BCUT2D eigenvalue weighted by Crippen LogP contribution is -2.26. The first kappa shape index (κ1) is 7.89. The Labute approximate surface area is 52.9 Å². The molecular weight excluding hydrogens is 146 g/mol. The van der Waals surface area contributed by atoms with Crippen LogP contribution >= 0.6 is 0 Å². The predicted octanol–water partition coefficient (Wildman–Crippen LogP) is -1.03. The summed E-state index contributed by atoms with van der Waals surface area (Å²) in [4.78, 5) is 10.0. The number of primary amides is 1. The first-order valence-corrected chi connectivity index (χ1v) is 2.91. The third-order valence-electron chi connectivity index (χ3n) is 0.508. The average Bonchev–Trinajstić information content (AvgIpc) is 1.63. The first-order chi connectivity index (χ1) is 4.04. The molecule has 0 aliphatic rings. The summed E-state index contributed by atoms with van der Waals surface area (Å²) in [6.07, 6.45) is 0. The molecule has 0 aromatic carbocycles. The Hall–Kier alpha value is -1.11. The van der Waals surface area contributed by atoms with Crippen molar-refractivity contribution in [3.63, 3.8) is 0 Å². The zero-order valence-electron chi connectivity index (χ0n) is 4.60. The van der Waals surface area contributed by atoms with E-state index in [1.54, 1.807) is 0 Å². The fourth-order valence-electron chi connectivity index (χ4n) is 0.140. The van der Waals surface area contributed by atoms with Crippen molar-refractivity contribution in [1.82, 2.24) is 5.01 Å². The maximum atomic E-state index is 10.0. The Kier molecular flexibility index (Phi) is 2.65. The van der Waals surface area contributed by atoms with Crippen LogP contribution in [0.2, 0.25) is 0 Å². The number of carbonyl (C=O) groups is 1. The Morgan fingerprint density at radius 3 is 2.22 bits per heavy atom. The van der Waals surface area contributed by atoms with Gasteiger partial charge in [0.05, 0.1) is 0 Å². The second-order valence-electron chi connectivity index (χ2n) is 1.16. The molecule has 0 atom stereocenters. The topological polar surface area (TPSA) is 92.8 Å². The number of nitrogens with zero attached hydrogens (tertiary/aromatic N) is 2. The summed E-state index contributed by atoms with van der Waals surface area (Å²) in [5, 5.41) is 0.517. The summed E-state index contributed by atoms with van der Waals surface area (Å²) < 4.78 is 22.1. The van der Waals surface area contributed by atoms with Crippen molar-refractivity contribution >= 4 is 16.5 Å². The van der Waals surface area contributed by atoms with Crippen molar-refractivity contribution in [3.8, 4) is 0 Å². The summed E-state index contributed by atoms with van der Waals surface area (Å²) in [5.74, 6) is 0. The zero-order valence-corrected chi connectivity index (χ0v) is 5.42. The van der Waals surface area contributed by atoms with Crippen LogP contribution in [0.3, 0.4) is 0 Å². The maximum absolute atomic E-state index is 10.0. The molecule has 0 radical (unpaired) electrons. The van der Waals surface area contributed by atoms with Crippen molar-refractivity contribution in [2.24, 2.45) is 10.2 Å². The van der Waals surface area contributed by atoms with Crippen molar-refractivity contribution < 1.29 is 13.2 Å². The van der Waals surface area contributed by atoms with Gasteiger partial charge in [-0.2, -0.15) is 8.42 Å². The van der Waals surface area contributed by atoms with E-state index in [1.165, 1.54) is 0 Å². The van der Waals surface area contributed by atoms with Gasteiger partial charge in [-0.05, 0) is 4.47 Å². The fourth-order valence-corrected chi connectivity index (χ4v) is 0.421. The molecule has 0 saturated heterocycles. The molecule has 0 aromatic rings. The minimum absolute atomic E-state index is 0.517. The van der Waals surface area contributed by atoms with Gasteiger partial charge >= 0.3 is 16.5 Å². The Morgan fingerprint density at radius 2 is 2.11 bits per heavy atom. The van der Waals surface area contributed by atoms with Gasteiger partial charge in [-0.25, -0.2) is 9.80 Å². The molecule has 6 nitrogen and oxygen atoms in total. The van der Waals surface area contributed by atoms with Gasteiger partial charge in [-0.1, -0.05) is 0 Å². The predicted molar refractivity (Wildman–Crippen MR) is 28.7 cm³/mol. The molecule has 9 heavy (non-hydrogen) atoms. The minimum atomic E-state index is -2.62. The van der Waals surface area contributed by atoms with E-state index in [4.69, 9.17) is 0 Å². The molecule has 0 saturated carbocycles. The van der Waals surface area contributed by atoms with Gasteiger partial charge in [-0.15, -0.1) is 0 Å². The zero-order chi connectivity index (χ0) is 7.44. The van der Waals surface area contributed by atoms with Crippen molar-refractivity contribution in [1.29, 1.82) is 0 Å². The van der Waals surface area contributed by atoms with Gasteiger partial charge in [0.15, 0.2) is 0 Å². The number of nitrogens with two attached hydrogens (primary N) is 1. The Morgan fingerprint density at radius 1 is 1.67 bits per heavy atom. The number of hydrogen-bond donors (Lipinski definition) is 1. The summed E-state index contributed by atoms with van der Waals surface area (Å²) in [6, 6.07) is -0.917. The molecule has 0 spiro atoms. The first-order valence-electron chi connectivity index (χ1n) is 1.88. The van der Waals surface area contributed by atoms with Crippen LogP contribution in [-0.4, -0.2) is 26.5 Å². The third kappa shape index (κ3) is 3.47. The highest BCUT2D eigenvalue weighted by molar-refractivity contribution is 7.61. The number of hydrogen-bond acceptors (Lipinski definition) is 4. The standard InChI is InChI=1S/C2H5N3O3S/c1-5(2(3)6)4-9(7)8/h1H3,(H2,3,6). The quantitative estimate of drug-likeness (QED) is 0.486. The number of rotatable bonds is 1. The highest BCUT2D eigenvalue weighted by Gasteiger charge is 1.97. The maximum Gasteiger partial charge on any atom is 0.335 e. The largest absolute Gasteiger partial charge is 0.350 e. The fraction of sp³-hybridized carbons (Fsp3) is 0.500. The van der Waals surface area contributed by atoms with Gasteiger partial charge in [0.1, 0.15) is 0 Å². The van der Waals surface area contributed by atoms with Gasteiger partial charge in [0.25, 0.3) is 0 Å². The van der Waals surface area contributed by atoms with Crippen LogP contribution in [0.1, 0.15) is 0 Å². The van der Waals surface area contributed by atoms with E-state index in [2.05, 4.69) is 10.2 Å². The van der Waals surface area contributed by atoms with Gasteiger partial charge < -0.3 is 5.73 Å². The van der Waals surface area contributed by atoms with Crippen LogP contribution in [0.15, 0.2) is 4.47 Å². The monoisotopic (exact) mass is 151 g/mol. The SMILES string of the molecule is CN(N=S(=O)=O)C(N)=O. The molecule has 0 bridgehead atoms. The smallest absolute Gasteiger partial charge is 0.335 e. The van der Waals surface area contributed by atoms with Crippen molar-refractivity contribution in [2.45, 2.75) is 0 Å². The number of amides is 2. The highest BCUT2D eigenvalue weighted by Crippen LogP contribution is 1.78. The van der Waals surface area contributed by atoms with Gasteiger partial charge in [-0.3, -0.25) is 0 Å². The van der Waals surface area contributed by atoms with Crippen LogP contribution in [0.4, 0.5) is 4.79 Å². The van der Waals surface area contributed by atoms with E-state index in [0.29, 0.717) is 5.01 Å². The highest BCUT2D eigenvalue weighted by atomic mass is 32.2. The van der Waals surface area contributed by atoms with Gasteiger partial charge in [0, 0.05) is 7.05 Å². The Balaban J connectivity index is 4.26. The van der Waals surface area contributed by atoms with Crippen LogP contribution in [-0.2, 0) is 10.5 Å². The Bertz CT molecular complexity index is 221. The summed E-state index contributed by atoms with van der Waals surface area (Å²) in [6.45, 7) is 0. The molecule has 2 amide bonds. The number of urea groups is 1. The van der Waals surface area contributed by atoms with Crippen molar-refractivity contribution in [3.05, 3.63) is 0 Å². The molecule has 0 aliphatic heterocycles. The minimum Gasteiger partial charge on any atom is -0.350 e. The van der Waals surface area contributed by atoms with Gasteiger partial charge in [0.2, 0.25) is 0 Å². The molecule has 0 unspecified atom stereocenters. The number of carbonyl (C=O) groups excluding carboxylic acids is 1. The average molecular weight is 151 g/mol. The lowest BCUT2D eigenvalue weighted by Gasteiger charge is -1.99. The second kappa shape index (κ2) is 3.02. The molecular formula is C2H5N3O3S. The van der Waals surface area contributed by atoms with E-state index in [-0.39, 0.29) is 0 Å². The summed E-state index contributed by atoms with van der Waals surface area (Å²) >= 11 is 0. The second-order valence-corrected chi connectivity index (χ2v) is 1.76.